The number of carbonyl (C=O) groups excluding carboxylic acids is 2. The number of nitrogens with one attached hydrogen (secondary N) is 1. The van der Waals surface area contributed by atoms with Gasteiger partial charge < -0.3 is 9.30 Å². The SMILES string of the molecule is CCOC(=O)NC(=O)CSc1nncn1C1CC1. The molecule has 2 rings (SSSR count). The van der Waals surface area contributed by atoms with Crippen molar-refractivity contribution in [2.45, 2.75) is 31.0 Å². The summed E-state index contributed by atoms with van der Waals surface area (Å²) < 4.78 is 6.57. The third kappa shape index (κ3) is 3.46. The predicted molar refractivity (Wildman–Crippen MR) is 64.2 cm³/mol. The van der Waals surface area contributed by atoms with Crippen molar-refractivity contribution < 1.29 is 14.3 Å². The zero-order valence-electron chi connectivity index (χ0n) is 9.96. The Balaban J connectivity index is 1.78. The minimum Gasteiger partial charge on any atom is -0.450 e. The standard InChI is InChI=1S/C10H14N4O3S/c1-2-17-10(16)12-8(15)5-18-9-13-11-6-14(9)7-3-4-7/h6-7H,2-5H2,1H3,(H,12,15,16). The fraction of sp³-hybridized carbons (Fsp3) is 0.600. The van der Waals surface area contributed by atoms with Gasteiger partial charge in [-0.1, -0.05) is 11.8 Å². The topological polar surface area (TPSA) is 86.1 Å². The monoisotopic (exact) mass is 270 g/mol. The summed E-state index contributed by atoms with van der Waals surface area (Å²) in [5.41, 5.74) is 0. The number of nitrogens with zero attached hydrogens (tertiary/aromatic N) is 3. The molecule has 98 valence electrons. The Labute approximate surface area is 108 Å². The lowest BCUT2D eigenvalue weighted by atomic mass is 10.7. The highest BCUT2D eigenvalue weighted by Gasteiger charge is 2.26. The zero-order valence-corrected chi connectivity index (χ0v) is 10.8. The van der Waals surface area contributed by atoms with Gasteiger partial charge in [0.05, 0.1) is 12.4 Å². The first-order valence-electron chi connectivity index (χ1n) is 5.69. The quantitative estimate of drug-likeness (QED) is 0.803. The van der Waals surface area contributed by atoms with E-state index in [9.17, 15) is 9.59 Å². The Kier molecular flexibility index (Phi) is 4.19. The molecule has 1 heterocycles. The molecule has 1 aromatic rings. The molecule has 0 saturated heterocycles. The molecule has 0 radical (unpaired) electrons. The molecule has 0 unspecified atom stereocenters. The Hall–Kier alpha value is -1.57. The maximum absolute atomic E-state index is 11.4. The zero-order chi connectivity index (χ0) is 13.0. The van der Waals surface area contributed by atoms with Crippen molar-refractivity contribution in [3.63, 3.8) is 0 Å². The van der Waals surface area contributed by atoms with E-state index in [1.165, 1.54) is 11.8 Å². The largest absolute Gasteiger partial charge is 0.450 e. The Morgan fingerprint density at radius 2 is 2.39 bits per heavy atom. The van der Waals surface area contributed by atoms with Gasteiger partial charge >= 0.3 is 6.09 Å². The summed E-state index contributed by atoms with van der Waals surface area (Å²) in [5, 5.41) is 10.6. The van der Waals surface area contributed by atoms with Crippen molar-refractivity contribution in [2.24, 2.45) is 0 Å². The van der Waals surface area contributed by atoms with Gasteiger partial charge in [0.15, 0.2) is 5.16 Å². The summed E-state index contributed by atoms with van der Waals surface area (Å²) in [5.74, 6) is -0.284. The molecule has 1 aromatic heterocycles. The van der Waals surface area contributed by atoms with Gasteiger partial charge in [0, 0.05) is 6.04 Å². The smallest absolute Gasteiger partial charge is 0.413 e. The summed E-state index contributed by atoms with van der Waals surface area (Å²) in [6.45, 7) is 1.92. The highest BCUT2D eigenvalue weighted by molar-refractivity contribution is 7.99. The number of hydrogen-bond donors (Lipinski definition) is 1. The van der Waals surface area contributed by atoms with Crippen LogP contribution in [0, 0.1) is 0 Å². The van der Waals surface area contributed by atoms with Crippen LogP contribution in [0.1, 0.15) is 25.8 Å². The minimum atomic E-state index is -0.716. The lowest BCUT2D eigenvalue weighted by Gasteiger charge is -2.05. The number of thioether (sulfide) groups is 1. The van der Waals surface area contributed by atoms with E-state index in [0.29, 0.717) is 11.2 Å². The average molecular weight is 270 g/mol. The highest BCUT2D eigenvalue weighted by atomic mass is 32.2. The first kappa shape index (κ1) is 12.9. The number of amides is 2. The van der Waals surface area contributed by atoms with E-state index >= 15 is 0 Å². The second kappa shape index (κ2) is 5.85. The molecule has 0 aromatic carbocycles. The van der Waals surface area contributed by atoms with Crippen molar-refractivity contribution in [2.75, 3.05) is 12.4 Å². The van der Waals surface area contributed by atoms with E-state index < -0.39 is 12.0 Å². The van der Waals surface area contributed by atoms with Crippen LogP contribution >= 0.6 is 11.8 Å². The first-order chi connectivity index (χ1) is 8.70. The van der Waals surface area contributed by atoms with E-state index in [4.69, 9.17) is 0 Å². The molecular formula is C10H14N4O3S. The molecule has 0 atom stereocenters. The van der Waals surface area contributed by atoms with Gasteiger partial charge in [-0.3, -0.25) is 10.1 Å². The van der Waals surface area contributed by atoms with E-state index in [0.717, 1.165) is 12.8 Å². The van der Waals surface area contributed by atoms with Crippen LogP contribution in [-0.4, -0.2) is 39.1 Å². The maximum atomic E-state index is 11.4. The van der Waals surface area contributed by atoms with Crippen LogP contribution in [-0.2, 0) is 9.53 Å². The van der Waals surface area contributed by atoms with E-state index in [2.05, 4.69) is 20.3 Å². The number of carbonyl (C=O) groups is 2. The van der Waals surface area contributed by atoms with Crippen LogP contribution in [0.25, 0.3) is 0 Å². The number of rotatable bonds is 5. The number of hydrogen-bond acceptors (Lipinski definition) is 6. The number of ether oxygens (including phenoxy) is 1. The van der Waals surface area contributed by atoms with Crippen molar-refractivity contribution in [1.29, 1.82) is 0 Å². The van der Waals surface area contributed by atoms with Gasteiger partial charge in [0.25, 0.3) is 0 Å². The highest BCUT2D eigenvalue weighted by Crippen LogP contribution is 2.37. The average Bonchev–Trinajstić information content (AvgIpc) is 3.06. The molecule has 0 aliphatic heterocycles. The van der Waals surface area contributed by atoms with Gasteiger partial charge in [-0.25, -0.2) is 4.79 Å². The van der Waals surface area contributed by atoms with Crippen molar-refractivity contribution in [1.82, 2.24) is 20.1 Å². The van der Waals surface area contributed by atoms with Crippen molar-refractivity contribution in [3.8, 4) is 0 Å². The molecule has 8 heteroatoms. The van der Waals surface area contributed by atoms with Crippen LogP contribution in [0.3, 0.4) is 0 Å². The van der Waals surface area contributed by atoms with Crippen molar-refractivity contribution >= 4 is 23.8 Å². The van der Waals surface area contributed by atoms with E-state index in [1.54, 1.807) is 13.3 Å². The van der Waals surface area contributed by atoms with Crippen LogP contribution in [0.2, 0.25) is 0 Å². The predicted octanol–water partition coefficient (Wildman–Crippen LogP) is 0.978. The third-order valence-corrected chi connectivity index (χ3v) is 3.29. The molecule has 7 nitrogen and oxygen atoms in total. The van der Waals surface area contributed by atoms with Gasteiger partial charge in [0.2, 0.25) is 5.91 Å². The molecule has 0 spiro atoms. The van der Waals surface area contributed by atoms with Crippen LogP contribution in [0.15, 0.2) is 11.5 Å². The van der Waals surface area contributed by atoms with E-state index in [1.807, 2.05) is 4.57 Å². The van der Waals surface area contributed by atoms with Crippen LogP contribution in [0.4, 0.5) is 4.79 Å². The summed E-state index contributed by atoms with van der Waals surface area (Å²) >= 11 is 1.26. The number of aromatic nitrogens is 3. The molecule has 18 heavy (non-hydrogen) atoms. The molecule has 1 aliphatic rings. The maximum Gasteiger partial charge on any atom is 0.413 e. The van der Waals surface area contributed by atoms with Gasteiger partial charge in [-0.15, -0.1) is 10.2 Å². The lowest BCUT2D eigenvalue weighted by molar-refractivity contribution is -0.117. The van der Waals surface area contributed by atoms with Crippen molar-refractivity contribution in [3.05, 3.63) is 6.33 Å². The Morgan fingerprint density at radius 3 is 3.06 bits per heavy atom. The van der Waals surface area contributed by atoms with Gasteiger partial charge in [-0.05, 0) is 19.8 Å². The second-order valence-corrected chi connectivity index (χ2v) is 4.75. The third-order valence-electron chi connectivity index (χ3n) is 2.33. The number of imide groups is 1. The molecular weight excluding hydrogens is 256 g/mol. The molecule has 1 fully saturated rings. The fourth-order valence-corrected chi connectivity index (χ4v) is 2.17. The number of alkyl carbamates (subject to hydrolysis) is 1. The Bertz CT molecular complexity index is 444. The fourth-order valence-electron chi connectivity index (χ4n) is 1.39. The minimum absolute atomic E-state index is 0.115. The summed E-state index contributed by atoms with van der Waals surface area (Å²) in [4.78, 5) is 22.4. The summed E-state index contributed by atoms with van der Waals surface area (Å²) in [6, 6.07) is 0.468. The molecule has 1 saturated carbocycles. The second-order valence-electron chi connectivity index (χ2n) is 3.81. The first-order valence-corrected chi connectivity index (χ1v) is 6.68. The molecule has 2 amide bonds. The van der Waals surface area contributed by atoms with Crippen LogP contribution < -0.4 is 5.32 Å². The molecule has 1 aliphatic carbocycles. The Morgan fingerprint density at radius 1 is 1.61 bits per heavy atom. The van der Waals surface area contributed by atoms with Gasteiger partial charge in [0.1, 0.15) is 6.33 Å². The summed E-state index contributed by atoms with van der Waals surface area (Å²) in [6.07, 6.45) is 3.21. The summed E-state index contributed by atoms with van der Waals surface area (Å²) in [7, 11) is 0. The van der Waals surface area contributed by atoms with E-state index in [-0.39, 0.29) is 12.4 Å². The molecule has 1 N–H and O–H groups in total. The lowest BCUT2D eigenvalue weighted by Crippen LogP contribution is -2.32. The molecule has 0 bridgehead atoms. The van der Waals surface area contributed by atoms with Gasteiger partial charge in [-0.2, -0.15) is 0 Å². The normalized spacial score (nSPS) is 14.3. The van der Waals surface area contributed by atoms with Crippen LogP contribution in [0.5, 0.6) is 0 Å².